The van der Waals surface area contributed by atoms with Crippen LogP contribution in [0.2, 0.25) is 0 Å². The molecule has 0 fully saturated rings. The predicted octanol–water partition coefficient (Wildman–Crippen LogP) is 3.43. The van der Waals surface area contributed by atoms with E-state index >= 15 is 0 Å². The van der Waals surface area contributed by atoms with Crippen molar-refractivity contribution in [3.63, 3.8) is 0 Å². The Labute approximate surface area is 88.5 Å². The number of nitrogens with zero attached hydrogens (tertiary/aromatic N) is 1. The number of pyridine rings is 1. The van der Waals surface area contributed by atoms with Gasteiger partial charge >= 0.3 is 6.18 Å². The van der Waals surface area contributed by atoms with Gasteiger partial charge in [0, 0.05) is 11.0 Å². The van der Waals surface area contributed by atoms with Crippen molar-refractivity contribution < 1.29 is 13.2 Å². The van der Waals surface area contributed by atoms with Gasteiger partial charge in [0.15, 0.2) is 0 Å². The molecule has 5 heteroatoms. The lowest BCUT2D eigenvalue weighted by Crippen LogP contribution is -2.08. The Bertz CT molecular complexity index is 292. The number of rotatable bonds is 2. The first-order valence-corrected chi connectivity index (χ1v) is 4.97. The maximum Gasteiger partial charge on any atom is 0.433 e. The van der Waals surface area contributed by atoms with E-state index in [4.69, 9.17) is 0 Å². The average molecular weight is 268 g/mol. The van der Waals surface area contributed by atoms with Crippen LogP contribution in [0.1, 0.15) is 18.2 Å². The van der Waals surface area contributed by atoms with E-state index in [0.717, 1.165) is 11.6 Å². The van der Waals surface area contributed by atoms with Crippen LogP contribution in [-0.2, 0) is 12.6 Å². The molecule has 14 heavy (non-hydrogen) atoms. The molecule has 1 nitrogen and oxygen atoms in total. The van der Waals surface area contributed by atoms with Gasteiger partial charge in [0.05, 0.1) is 0 Å². The number of hydrogen-bond acceptors (Lipinski definition) is 1. The number of aromatic nitrogens is 1. The molecule has 0 aromatic carbocycles. The normalized spacial score (nSPS) is 14.1. The molecule has 0 amide bonds. The number of halogens is 4. The van der Waals surface area contributed by atoms with Gasteiger partial charge in [-0.25, -0.2) is 0 Å². The summed E-state index contributed by atoms with van der Waals surface area (Å²) in [6.07, 6.45) is -2.41. The topological polar surface area (TPSA) is 12.9 Å². The molecule has 1 heterocycles. The summed E-state index contributed by atoms with van der Waals surface area (Å²) in [6, 6.07) is 2.46. The van der Waals surface area contributed by atoms with Crippen LogP contribution in [0.4, 0.5) is 13.2 Å². The molecule has 0 aliphatic carbocycles. The number of alkyl halides is 4. The van der Waals surface area contributed by atoms with Gasteiger partial charge in [0.25, 0.3) is 0 Å². The highest BCUT2D eigenvalue weighted by Crippen LogP contribution is 2.27. The highest BCUT2D eigenvalue weighted by molar-refractivity contribution is 9.09. The van der Waals surface area contributed by atoms with Crippen molar-refractivity contribution >= 4 is 15.9 Å². The fraction of sp³-hybridized carbons (Fsp3) is 0.444. The van der Waals surface area contributed by atoms with Crippen LogP contribution >= 0.6 is 15.9 Å². The van der Waals surface area contributed by atoms with Crippen LogP contribution in [0.25, 0.3) is 0 Å². The highest BCUT2D eigenvalue weighted by atomic mass is 79.9. The maximum atomic E-state index is 12.1. The van der Waals surface area contributed by atoms with Gasteiger partial charge in [-0.2, -0.15) is 13.2 Å². The molecule has 1 aromatic rings. The fourth-order valence-electron chi connectivity index (χ4n) is 1.04. The van der Waals surface area contributed by atoms with Crippen LogP contribution in [-0.4, -0.2) is 9.81 Å². The summed E-state index contributed by atoms with van der Waals surface area (Å²) in [4.78, 5) is 3.59. The van der Waals surface area contributed by atoms with Crippen molar-refractivity contribution in [2.75, 3.05) is 0 Å². The second kappa shape index (κ2) is 4.29. The smallest absolute Gasteiger partial charge is 0.252 e. The monoisotopic (exact) mass is 267 g/mol. The molecule has 0 bridgehead atoms. The quantitative estimate of drug-likeness (QED) is 0.749. The molecule has 1 unspecified atom stereocenters. The SMILES string of the molecule is CC(Br)Cc1ccc(C(F)(F)F)nc1. The second-order valence-corrected chi connectivity index (χ2v) is 4.60. The van der Waals surface area contributed by atoms with E-state index in [0.29, 0.717) is 6.42 Å². The second-order valence-electron chi connectivity index (χ2n) is 3.03. The molecular weight excluding hydrogens is 259 g/mol. The van der Waals surface area contributed by atoms with Gasteiger partial charge < -0.3 is 0 Å². The molecule has 1 aromatic heterocycles. The summed E-state index contributed by atoms with van der Waals surface area (Å²) in [5, 5.41) is 0. The minimum atomic E-state index is -4.35. The Morgan fingerprint density at radius 2 is 2.07 bits per heavy atom. The summed E-state index contributed by atoms with van der Waals surface area (Å²) in [6.45, 7) is 1.93. The van der Waals surface area contributed by atoms with Gasteiger partial charge in [-0.05, 0) is 18.1 Å². The van der Waals surface area contributed by atoms with Crippen molar-refractivity contribution in [1.29, 1.82) is 0 Å². The van der Waals surface area contributed by atoms with E-state index < -0.39 is 11.9 Å². The van der Waals surface area contributed by atoms with Gasteiger partial charge in [0.2, 0.25) is 0 Å². The van der Waals surface area contributed by atoms with Gasteiger partial charge in [0.1, 0.15) is 5.69 Å². The van der Waals surface area contributed by atoms with E-state index in [1.165, 1.54) is 12.3 Å². The zero-order chi connectivity index (χ0) is 10.8. The third-order valence-electron chi connectivity index (χ3n) is 1.63. The molecule has 0 aliphatic rings. The molecule has 78 valence electrons. The lowest BCUT2D eigenvalue weighted by Gasteiger charge is -2.07. The third kappa shape index (κ3) is 3.29. The number of hydrogen-bond donors (Lipinski definition) is 0. The molecular formula is C9H9BrF3N. The highest BCUT2D eigenvalue weighted by Gasteiger charge is 2.31. The first-order chi connectivity index (χ1) is 6.39. The summed E-state index contributed by atoms with van der Waals surface area (Å²) in [7, 11) is 0. The summed E-state index contributed by atoms with van der Waals surface area (Å²) >= 11 is 3.32. The Balaban J connectivity index is 2.79. The lowest BCUT2D eigenvalue weighted by atomic mass is 10.1. The summed E-state index contributed by atoms with van der Waals surface area (Å²) < 4.78 is 36.3. The summed E-state index contributed by atoms with van der Waals surface area (Å²) in [5.41, 5.74) is -0.0501. The van der Waals surface area contributed by atoms with Gasteiger partial charge in [-0.15, -0.1) is 0 Å². The third-order valence-corrected chi connectivity index (χ3v) is 1.96. The standard InChI is InChI=1S/C9H9BrF3N/c1-6(10)4-7-2-3-8(14-5-7)9(11,12)13/h2-3,5-6H,4H2,1H3. The van der Waals surface area contributed by atoms with Crippen molar-refractivity contribution in [3.8, 4) is 0 Å². The first kappa shape index (κ1) is 11.5. The van der Waals surface area contributed by atoms with Crippen molar-refractivity contribution in [3.05, 3.63) is 29.6 Å². The van der Waals surface area contributed by atoms with Crippen molar-refractivity contribution in [2.24, 2.45) is 0 Å². The molecule has 0 saturated heterocycles. The largest absolute Gasteiger partial charge is 0.433 e. The zero-order valence-corrected chi connectivity index (χ0v) is 9.06. The Morgan fingerprint density at radius 3 is 2.43 bits per heavy atom. The lowest BCUT2D eigenvalue weighted by molar-refractivity contribution is -0.141. The van der Waals surface area contributed by atoms with Crippen LogP contribution < -0.4 is 0 Å². The first-order valence-electron chi connectivity index (χ1n) is 4.06. The van der Waals surface area contributed by atoms with Crippen molar-refractivity contribution in [2.45, 2.75) is 24.3 Å². The van der Waals surface area contributed by atoms with Gasteiger partial charge in [-0.3, -0.25) is 4.98 Å². The van der Waals surface area contributed by atoms with E-state index in [1.807, 2.05) is 6.92 Å². The molecule has 0 radical (unpaired) electrons. The molecule has 0 spiro atoms. The Hall–Kier alpha value is -0.580. The van der Waals surface area contributed by atoms with E-state index in [2.05, 4.69) is 20.9 Å². The fourth-order valence-corrected chi connectivity index (χ4v) is 1.41. The van der Waals surface area contributed by atoms with E-state index in [9.17, 15) is 13.2 Å². The molecule has 0 N–H and O–H groups in total. The van der Waals surface area contributed by atoms with Crippen LogP contribution in [0, 0.1) is 0 Å². The summed E-state index contributed by atoms with van der Waals surface area (Å²) in [5.74, 6) is 0. The minimum Gasteiger partial charge on any atom is -0.252 e. The molecule has 0 aliphatic heterocycles. The molecule has 1 rings (SSSR count). The Kier molecular flexibility index (Phi) is 3.53. The van der Waals surface area contributed by atoms with Crippen LogP contribution in [0.5, 0.6) is 0 Å². The van der Waals surface area contributed by atoms with E-state index in [-0.39, 0.29) is 4.83 Å². The van der Waals surface area contributed by atoms with Crippen LogP contribution in [0.15, 0.2) is 18.3 Å². The molecule has 0 saturated carbocycles. The predicted molar refractivity (Wildman–Crippen MR) is 51.3 cm³/mol. The Morgan fingerprint density at radius 1 is 1.43 bits per heavy atom. The average Bonchev–Trinajstić information content (AvgIpc) is 2.02. The van der Waals surface area contributed by atoms with Gasteiger partial charge in [-0.1, -0.05) is 28.9 Å². The zero-order valence-electron chi connectivity index (χ0n) is 7.48. The van der Waals surface area contributed by atoms with E-state index in [1.54, 1.807) is 0 Å². The van der Waals surface area contributed by atoms with Crippen molar-refractivity contribution in [1.82, 2.24) is 4.98 Å². The molecule has 1 atom stereocenters. The van der Waals surface area contributed by atoms with Crippen LogP contribution in [0.3, 0.4) is 0 Å². The maximum absolute atomic E-state index is 12.1. The minimum absolute atomic E-state index is 0.237.